The smallest absolute Gasteiger partial charge is 0.435 e. The molecule has 0 spiro atoms. The Morgan fingerprint density at radius 2 is 2.04 bits per heavy atom. The molecule has 0 aliphatic carbocycles. The van der Waals surface area contributed by atoms with Crippen LogP contribution in [-0.2, 0) is 12.7 Å². The molecule has 0 bridgehead atoms. The van der Waals surface area contributed by atoms with Crippen molar-refractivity contribution >= 4 is 22.4 Å². The lowest BCUT2D eigenvalue weighted by Gasteiger charge is -2.13. The molecule has 0 aliphatic rings. The van der Waals surface area contributed by atoms with E-state index in [-0.39, 0.29) is 12.2 Å². The van der Waals surface area contributed by atoms with Crippen LogP contribution in [0.3, 0.4) is 0 Å². The first-order valence-corrected chi connectivity index (χ1v) is 7.61. The van der Waals surface area contributed by atoms with Crippen molar-refractivity contribution in [3.05, 3.63) is 59.1 Å². The third-order valence-electron chi connectivity index (χ3n) is 3.86. The number of fused-ring (bicyclic) bond motifs is 1. The predicted molar refractivity (Wildman–Crippen MR) is 90.0 cm³/mol. The number of benzene rings is 1. The van der Waals surface area contributed by atoms with Gasteiger partial charge >= 0.3 is 6.18 Å². The van der Waals surface area contributed by atoms with Gasteiger partial charge in [0.25, 0.3) is 0 Å². The molecule has 130 valence electrons. The molecule has 0 saturated carbocycles. The molecule has 0 aliphatic heterocycles. The molecule has 3 rings (SSSR count). The minimum absolute atomic E-state index is 0.0677. The number of hydrogen-bond donors (Lipinski definition) is 2. The average molecular weight is 347 g/mol. The summed E-state index contributed by atoms with van der Waals surface area (Å²) in [6.45, 7) is 3.66. The number of nitrogens with one attached hydrogen (secondary N) is 2. The number of hydrogen-bond acceptors (Lipinski definition) is 4. The van der Waals surface area contributed by atoms with Gasteiger partial charge in [0.2, 0.25) is 0 Å². The molecule has 0 atom stereocenters. The first kappa shape index (κ1) is 17.0. The zero-order chi connectivity index (χ0) is 18.2. The summed E-state index contributed by atoms with van der Waals surface area (Å²) in [5, 5.41) is 11.4. The summed E-state index contributed by atoms with van der Waals surface area (Å²) in [5.41, 5.74) is 1.53. The van der Waals surface area contributed by atoms with Gasteiger partial charge in [-0.05, 0) is 43.7 Å². The summed E-state index contributed by atoms with van der Waals surface area (Å²) in [6.07, 6.45) is -3.40. The molecule has 0 amide bonds. The van der Waals surface area contributed by atoms with Gasteiger partial charge in [0.1, 0.15) is 11.3 Å². The molecule has 1 aromatic carbocycles. The van der Waals surface area contributed by atoms with E-state index in [0.717, 1.165) is 17.1 Å². The number of aromatic nitrogens is 1. The summed E-state index contributed by atoms with van der Waals surface area (Å²) >= 11 is 0. The van der Waals surface area contributed by atoms with Crippen LogP contribution >= 0.6 is 0 Å². The summed E-state index contributed by atoms with van der Waals surface area (Å²) in [7, 11) is 0. The van der Waals surface area contributed by atoms with E-state index in [1.54, 1.807) is 26.0 Å². The number of nitrogens with zero attached hydrogens (tertiary/aromatic N) is 1. The van der Waals surface area contributed by atoms with Crippen molar-refractivity contribution in [1.29, 1.82) is 5.41 Å². The van der Waals surface area contributed by atoms with Gasteiger partial charge in [0, 0.05) is 29.4 Å². The Morgan fingerprint density at radius 3 is 2.72 bits per heavy atom. The van der Waals surface area contributed by atoms with E-state index in [1.165, 1.54) is 12.1 Å². The molecule has 25 heavy (non-hydrogen) atoms. The molecule has 0 fully saturated rings. The molecule has 0 unspecified atom stereocenters. The molecule has 4 nitrogen and oxygen atoms in total. The lowest BCUT2D eigenvalue weighted by atomic mass is 10.0. The first-order valence-electron chi connectivity index (χ1n) is 7.61. The fourth-order valence-corrected chi connectivity index (χ4v) is 2.81. The van der Waals surface area contributed by atoms with Crippen LogP contribution in [0.25, 0.3) is 11.0 Å². The Hall–Kier alpha value is -2.83. The van der Waals surface area contributed by atoms with Gasteiger partial charge in [-0.25, -0.2) is 4.98 Å². The van der Waals surface area contributed by atoms with Crippen molar-refractivity contribution in [2.45, 2.75) is 26.6 Å². The predicted octanol–water partition coefficient (Wildman–Crippen LogP) is 5.15. The number of pyridine rings is 1. The second kappa shape index (κ2) is 6.23. The van der Waals surface area contributed by atoms with E-state index in [9.17, 15) is 13.2 Å². The van der Waals surface area contributed by atoms with Gasteiger partial charge in [-0.1, -0.05) is 6.07 Å². The number of alkyl halides is 3. The van der Waals surface area contributed by atoms with Crippen LogP contribution in [-0.4, -0.2) is 10.7 Å². The van der Waals surface area contributed by atoms with Crippen LogP contribution in [0.15, 0.2) is 40.9 Å². The molecule has 2 heterocycles. The van der Waals surface area contributed by atoms with Gasteiger partial charge < -0.3 is 15.1 Å². The van der Waals surface area contributed by atoms with Crippen molar-refractivity contribution in [2.75, 3.05) is 5.32 Å². The summed E-state index contributed by atoms with van der Waals surface area (Å²) < 4.78 is 44.6. The molecular weight excluding hydrogens is 331 g/mol. The Bertz CT molecular complexity index is 944. The Kier molecular flexibility index (Phi) is 4.24. The van der Waals surface area contributed by atoms with E-state index >= 15 is 0 Å². The van der Waals surface area contributed by atoms with E-state index in [1.807, 2.05) is 6.07 Å². The average Bonchev–Trinajstić information content (AvgIpc) is 2.87. The largest absolute Gasteiger partial charge is 0.461 e. The summed E-state index contributed by atoms with van der Waals surface area (Å²) in [6, 6.07) is 8.18. The van der Waals surface area contributed by atoms with Crippen LogP contribution in [0.4, 0.5) is 18.9 Å². The van der Waals surface area contributed by atoms with Crippen molar-refractivity contribution in [1.82, 2.24) is 4.98 Å². The lowest BCUT2D eigenvalue weighted by Crippen LogP contribution is -2.12. The Labute approximate surface area is 142 Å². The van der Waals surface area contributed by atoms with Crippen LogP contribution in [0, 0.1) is 12.3 Å². The van der Waals surface area contributed by atoms with Gasteiger partial charge in [-0.2, -0.15) is 13.2 Å². The maximum Gasteiger partial charge on any atom is 0.435 e. The van der Waals surface area contributed by atoms with E-state index in [4.69, 9.17) is 9.83 Å². The van der Waals surface area contributed by atoms with E-state index in [0.29, 0.717) is 22.6 Å². The van der Waals surface area contributed by atoms with Crippen molar-refractivity contribution in [3.63, 3.8) is 0 Å². The van der Waals surface area contributed by atoms with E-state index in [2.05, 4.69) is 10.3 Å². The van der Waals surface area contributed by atoms with Crippen LogP contribution in [0.2, 0.25) is 0 Å². The van der Waals surface area contributed by atoms with Crippen molar-refractivity contribution in [3.8, 4) is 0 Å². The highest BCUT2D eigenvalue weighted by molar-refractivity contribution is 6.08. The maximum absolute atomic E-state index is 13.0. The van der Waals surface area contributed by atoms with Gasteiger partial charge in [-0.3, -0.25) is 0 Å². The first-order chi connectivity index (χ1) is 11.8. The molecule has 0 saturated heterocycles. The highest BCUT2D eigenvalue weighted by Crippen LogP contribution is 2.33. The summed E-state index contributed by atoms with van der Waals surface area (Å²) in [4.78, 5) is 3.42. The highest BCUT2D eigenvalue weighted by atomic mass is 19.4. The molecule has 7 heteroatoms. The summed E-state index contributed by atoms with van der Waals surface area (Å²) in [5.74, 6) is 0.652. The number of furan rings is 1. The maximum atomic E-state index is 13.0. The minimum Gasteiger partial charge on any atom is -0.461 e. The number of rotatable bonds is 4. The molecule has 2 aromatic heterocycles. The zero-order valence-electron chi connectivity index (χ0n) is 13.7. The van der Waals surface area contributed by atoms with Gasteiger partial charge in [0.05, 0.1) is 5.69 Å². The van der Waals surface area contributed by atoms with Crippen LogP contribution < -0.4 is 5.32 Å². The van der Waals surface area contributed by atoms with E-state index < -0.39 is 11.9 Å². The normalized spacial score (nSPS) is 11.7. The highest BCUT2D eigenvalue weighted by Gasteiger charge is 2.35. The molecule has 3 aromatic rings. The van der Waals surface area contributed by atoms with Crippen LogP contribution in [0.5, 0.6) is 0 Å². The fourth-order valence-electron chi connectivity index (χ4n) is 2.81. The quantitative estimate of drug-likeness (QED) is 0.641. The fraction of sp³-hybridized carbons (Fsp3) is 0.222. The third-order valence-corrected chi connectivity index (χ3v) is 3.86. The minimum atomic E-state index is -4.51. The van der Waals surface area contributed by atoms with Crippen LogP contribution in [0.1, 0.15) is 29.5 Å². The topological polar surface area (TPSA) is 61.9 Å². The Balaban J connectivity index is 1.90. The molecule has 0 radical (unpaired) electrons. The number of anilines is 1. The second-order valence-corrected chi connectivity index (χ2v) is 5.74. The van der Waals surface area contributed by atoms with Gasteiger partial charge in [-0.15, -0.1) is 0 Å². The number of halogens is 3. The molecular formula is C18H16F3N3O. The zero-order valence-corrected chi connectivity index (χ0v) is 13.7. The SMILES string of the molecule is CC(=N)c1c(C)oc2ccc(CNc3cccnc3C(F)(F)F)cc12. The van der Waals surface area contributed by atoms with Gasteiger partial charge in [0.15, 0.2) is 5.69 Å². The lowest BCUT2D eigenvalue weighted by molar-refractivity contribution is -0.140. The third kappa shape index (κ3) is 3.35. The standard InChI is InChI=1S/C18H16F3N3O/c1-10(22)16-11(2)25-15-6-5-12(8-13(15)16)9-24-14-4-3-7-23-17(14)18(19,20)21/h3-8,22,24H,9H2,1-2H3. The van der Waals surface area contributed by atoms with Crippen molar-refractivity contribution < 1.29 is 17.6 Å². The van der Waals surface area contributed by atoms with Crippen molar-refractivity contribution in [2.24, 2.45) is 0 Å². The number of aryl methyl sites for hydroxylation is 1. The second-order valence-electron chi connectivity index (χ2n) is 5.74. The molecule has 2 N–H and O–H groups in total. The Morgan fingerprint density at radius 1 is 1.28 bits per heavy atom. The monoisotopic (exact) mass is 347 g/mol.